The average Bonchev–Trinajstić information content (AvgIpc) is 2.20. The minimum Gasteiger partial charge on any atom is -0.368 e. The molecule has 4 nitrogen and oxygen atoms in total. The topological polar surface area (TPSA) is 54.0 Å². The predicted octanol–water partition coefficient (Wildman–Crippen LogP) is 3.28. The van der Waals surface area contributed by atoms with Crippen LogP contribution in [0.2, 0.25) is 10.0 Å². The Kier molecular flexibility index (Phi) is 3.25. The summed E-state index contributed by atoms with van der Waals surface area (Å²) in [5, 5.41) is 1.11. The smallest absolute Gasteiger partial charge is 0.219 e. The zero-order chi connectivity index (χ0) is 13.5. The maximum Gasteiger partial charge on any atom is 0.219 e. The Morgan fingerprint density at radius 2 is 1.78 bits per heavy atom. The summed E-state index contributed by atoms with van der Waals surface area (Å²) in [5.74, 6) is 0.972. The third-order valence-electron chi connectivity index (χ3n) is 2.70. The lowest BCUT2D eigenvalue weighted by atomic mass is 10.1. The number of aliphatic imine (C=N–C) groups is 2. The lowest BCUT2D eigenvalue weighted by Crippen LogP contribution is -2.50. The van der Waals surface area contributed by atoms with E-state index in [-0.39, 0.29) is 5.96 Å². The van der Waals surface area contributed by atoms with Crippen LogP contribution in [0.5, 0.6) is 0 Å². The van der Waals surface area contributed by atoms with Crippen molar-refractivity contribution in [2.45, 2.75) is 26.4 Å². The molecule has 1 aliphatic rings. The first-order valence-corrected chi connectivity index (χ1v) is 6.23. The number of para-hydroxylation sites is 1. The van der Waals surface area contributed by atoms with Gasteiger partial charge in [-0.1, -0.05) is 29.3 Å². The van der Waals surface area contributed by atoms with E-state index in [1.54, 1.807) is 18.2 Å². The van der Waals surface area contributed by atoms with Gasteiger partial charge in [0, 0.05) is 0 Å². The molecule has 0 radical (unpaired) electrons. The van der Waals surface area contributed by atoms with Crippen LogP contribution in [0.25, 0.3) is 0 Å². The standard InChI is InChI=1S/C12H14Cl2N4/c1-7-16-11(15)17-12(2,3)18(7)10-8(13)5-4-6-9(10)14/h4-6H,1-3H3,(H2,15,17). The fraction of sp³-hybridized carbons (Fsp3) is 0.333. The summed E-state index contributed by atoms with van der Waals surface area (Å²) in [6, 6.07) is 5.37. The summed E-state index contributed by atoms with van der Waals surface area (Å²) < 4.78 is 0. The SMILES string of the molecule is CC1=NC(N)=NC(C)(C)N1c1c(Cl)cccc1Cl. The van der Waals surface area contributed by atoms with Gasteiger partial charge in [0.25, 0.3) is 0 Å². The molecule has 0 aromatic heterocycles. The molecule has 0 amide bonds. The number of rotatable bonds is 1. The van der Waals surface area contributed by atoms with Crippen molar-refractivity contribution >= 4 is 40.7 Å². The van der Waals surface area contributed by atoms with Gasteiger partial charge in [0.05, 0.1) is 15.7 Å². The van der Waals surface area contributed by atoms with Crippen molar-refractivity contribution in [2.24, 2.45) is 15.7 Å². The Morgan fingerprint density at radius 3 is 2.28 bits per heavy atom. The first kappa shape index (κ1) is 13.2. The van der Waals surface area contributed by atoms with E-state index < -0.39 is 5.66 Å². The summed E-state index contributed by atoms with van der Waals surface area (Å²) in [5.41, 5.74) is 5.81. The summed E-state index contributed by atoms with van der Waals surface area (Å²) in [4.78, 5) is 10.4. The van der Waals surface area contributed by atoms with Crippen LogP contribution in [-0.2, 0) is 0 Å². The molecule has 0 spiro atoms. The van der Waals surface area contributed by atoms with E-state index in [0.717, 1.165) is 0 Å². The highest BCUT2D eigenvalue weighted by Gasteiger charge is 2.34. The number of nitrogens with zero attached hydrogens (tertiary/aromatic N) is 3. The molecule has 0 fully saturated rings. The molecule has 1 aliphatic heterocycles. The van der Waals surface area contributed by atoms with Gasteiger partial charge in [-0.25, -0.2) is 9.98 Å². The molecule has 1 aromatic rings. The molecule has 1 aromatic carbocycles. The summed E-state index contributed by atoms with van der Waals surface area (Å²) >= 11 is 12.5. The van der Waals surface area contributed by atoms with Crippen LogP contribution >= 0.6 is 23.2 Å². The van der Waals surface area contributed by atoms with Crippen LogP contribution in [0.15, 0.2) is 28.2 Å². The fourth-order valence-electron chi connectivity index (χ4n) is 2.11. The molecule has 0 unspecified atom stereocenters. The number of amidine groups is 1. The lowest BCUT2D eigenvalue weighted by molar-refractivity contribution is 0.535. The summed E-state index contributed by atoms with van der Waals surface area (Å²) in [7, 11) is 0. The highest BCUT2D eigenvalue weighted by Crippen LogP contribution is 2.38. The van der Waals surface area contributed by atoms with Crippen molar-refractivity contribution in [1.82, 2.24) is 0 Å². The molecule has 2 rings (SSSR count). The largest absolute Gasteiger partial charge is 0.368 e. The fourth-order valence-corrected chi connectivity index (χ4v) is 2.67. The Balaban J connectivity index is 2.61. The quantitative estimate of drug-likeness (QED) is 0.860. The Bertz CT molecular complexity index is 529. The molecule has 0 bridgehead atoms. The van der Waals surface area contributed by atoms with E-state index in [0.29, 0.717) is 21.6 Å². The van der Waals surface area contributed by atoms with Crippen molar-refractivity contribution in [3.05, 3.63) is 28.2 Å². The minimum atomic E-state index is -0.579. The highest BCUT2D eigenvalue weighted by molar-refractivity contribution is 6.40. The van der Waals surface area contributed by atoms with Crippen LogP contribution < -0.4 is 10.6 Å². The van der Waals surface area contributed by atoms with E-state index in [2.05, 4.69) is 9.98 Å². The van der Waals surface area contributed by atoms with E-state index in [9.17, 15) is 0 Å². The molecule has 18 heavy (non-hydrogen) atoms. The maximum absolute atomic E-state index is 6.23. The van der Waals surface area contributed by atoms with Gasteiger partial charge in [-0.3, -0.25) is 0 Å². The third kappa shape index (κ3) is 2.18. The zero-order valence-corrected chi connectivity index (χ0v) is 11.9. The van der Waals surface area contributed by atoms with E-state index in [1.807, 2.05) is 25.7 Å². The normalized spacial score (nSPS) is 18.4. The van der Waals surface area contributed by atoms with Crippen molar-refractivity contribution in [1.29, 1.82) is 0 Å². The monoisotopic (exact) mass is 284 g/mol. The molecular weight excluding hydrogens is 271 g/mol. The van der Waals surface area contributed by atoms with Crippen LogP contribution in [0, 0.1) is 0 Å². The molecule has 1 heterocycles. The van der Waals surface area contributed by atoms with Gasteiger partial charge < -0.3 is 10.6 Å². The summed E-state index contributed by atoms with van der Waals surface area (Å²) in [6.45, 7) is 5.71. The lowest BCUT2D eigenvalue weighted by Gasteiger charge is -2.40. The van der Waals surface area contributed by atoms with Crippen LogP contribution in [0.1, 0.15) is 20.8 Å². The number of nitrogens with two attached hydrogens (primary N) is 1. The predicted molar refractivity (Wildman–Crippen MR) is 77.8 cm³/mol. The first-order chi connectivity index (χ1) is 8.33. The maximum atomic E-state index is 6.23. The van der Waals surface area contributed by atoms with Crippen LogP contribution in [0.4, 0.5) is 5.69 Å². The molecule has 0 aliphatic carbocycles. The second-order valence-corrected chi connectivity index (χ2v) is 5.34. The molecule has 6 heteroatoms. The van der Waals surface area contributed by atoms with Crippen LogP contribution in [0.3, 0.4) is 0 Å². The third-order valence-corrected chi connectivity index (χ3v) is 3.31. The van der Waals surface area contributed by atoms with Gasteiger partial charge in [0.2, 0.25) is 5.96 Å². The molecule has 0 saturated carbocycles. The molecule has 0 atom stereocenters. The number of halogens is 2. The minimum absolute atomic E-state index is 0.261. The second kappa shape index (κ2) is 4.44. The molecule has 0 saturated heterocycles. The Labute approximate surface area is 116 Å². The van der Waals surface area contributed by atoms with E-state index in [4.69, 9.17) is 28.9 Å². The number of benzene rings is 1. The van der Waals surface area contributed by atoms with Crippen molar-refractivity contribution in [2.75, 3.05) is 4.90 Å². The summed E-state index contributed by atoms with van der Waals surface area (Å²) in [6.07, 6.45) is 0. The molecular formula is C12H14Cl2N4. The number of guanidine groups is 1. The van der Waals surface area contributed by atoms with Gasteiger partial charge in [0.1, 0.15) is 11.5 Å². The van der Waals surface area contributed by atoms with Crippen molar-refractivity contribution in [3.8, 4) is 0 Å². The molecule has 2 N–H and O–H groups in total. The van der Waals surface area contributed by atoms with Gasteiger partial charge >= 0.3 is 0 Å². The Hall–Kier alpha value is -1.26. The van der Waals surface area contributed by atoms with Gasteiger partial charge in [-0.05, 0) is 32.9 Å². The first-order valence-electron chi connectivity index (χ1n) is 5.48. The van der Waals surface area contributed by atoms with Crippen LogP contribution in [-0.4, -0.2) is 17.5 Å². The Morgan fingerprint density at radius 1 is 1.22 bits per heavy atom. The van der Waals surface area contributed by atoms with E-state index in [1.165, 1.54) is 0 Å². The number of anilines is 1. The zero-order valence-electron chi connectivity index (χ0n) is 10.4. The van der Waals surface area contributed by atoms with E-state index >= 15 is 0 Å². The van der Waals surface area contributed by atoms with Gasteiger partial charge in [-0.15, -0.1) is 0 Å². The van der Waals surface area contributed by atoms with Gasteiger partial charge in [-0.2, -0.15) is 0 Å². The number of hydrogen-bond acceptors (Lipinski definition) is 4. The van der Waals surface area contributed by atoms with Crippen molar-refractivity contribution in [3.63, 3.8) is 0 Å². The highest BCUT2D eigenvalue weighted by atomic mass is 35.5. The number of hydrogen-bond donors (Lipinski definition) is 1. The van der Waals surface area contributed by atoms with Crippen molar-refractivity contribution < 1.29 is 0 Å². The second-order valence-electron chi connectivity index (χ2n) is 4.53. The average molecular weight is 285 g/mol. The molecule has 96 valence electrons. The van der Waals surface area contributed by atoms with Gasteiger partial charge in [0.15, 0.2) is 0 Å².